The van der Waals surface area contributed by atoms with Gasteiger partial charge in [-0.1, -0.05) is 6.92 Å². The van der Waals surface area contributed by atoms with E-state index >= 15 is 0 Å². The van der Waals surface area contributed by atoms with Crippen LogP contribution in [0.15, 0.2) is 0 Å². The van der Waals surface area contributed by atoms with E-state index < -0.39 is 5.54 Å². The first-order valence-electron chi connectivity index (χ1n) is 5.95. The molecule has 0 saturated heterocycles. The van der Waals surface area contributed by atoms with Gasteiger partial charge in [0, 0.05) is 13.7 Å². The average molecular weight is 230 g/mol. The van der Waals surface area contributed by atoms with Gasteiger partial charge in [-0.25, -0.2) is 0 Å². The summed E-state index contributed by atoms with van der Waals surface area (Å²) in [5.41, 5.74) is -0.507. The van der Waals surface area contributed by atoms with E-state index in [2.05, 4.69) is 5.32 Å². The Hall–Kier alpha value is -0.610. The second kappa shape index (κ2) is 6.86. The normalized spacial score (nSPS) is 13.6. The molecule has 0 fully saturated rings. The second-order valence-electron chi connectivity index (χ2n) is 4.55. The van der Waals surface area contributed by atoms with Crippen LogP contribution in [0.3, 0.4) is 0 Å². The molecule has 0 radical (unpaired) electrons. The van der Waals surface area contributed by atoms with Crippen LogP contribution in [0.1, 0.15) is 34.6 Å². The molecule has 0 bridgehead atoms. The summed E-state index contributed by atoms with van der Waals surface area (Å²) < 4.78 is 5.09. The lowest BCUT2D eigenvalue weighted by atomic mass is 10.0. The minimum atomic E-state index is -0.507. The van der Waals surface area contributed by atoms with Gasteiger partial charge >= 0.3 is 0 Å². The molecule has 0 saturated carbocycles. The van der Waals surface area contributed by atoms with Crippen molar-refractivity contribution < 1.29 is 9.53 Å². The van der Waals surface area contributed by atoms with E-state index in [0.29, 0.717) is 13.2 Å². The molecular formula is C12H26N2O2. The predicted molar refractivity (Wildman–Crippen MR) is 66.5 cm³/mol. The summed E-state index contributed by atoms with van der Waals surface area (Å²) in [5, 5.41) is 3.20. The Labute approximate surface area is 99.3 Å². The largest absolute Gasteiger partial charge is 0.383 e. The van der Waals surface area contributed by atoms with E-state index in [1.54, 1.807) is 7.11 Å². The molecule has 96 valence electrons. The quantitative estimate of drug-likeness (QED) is 0.716. The fraction of sp³-hybridized carbons (Fsp3) is 0.917. The van der Waals surface area contributed by atoms with Crippen molar-refractivity contribution in [3.8, 4) is 0 Å². The van der Waals surface area contributed by atoms with Crippen LogP contribution in [0.2, 0.25) is 0 Å². The maximum Gasteiger partial charge on any atom is 0.242 e. The molecular weight excluding hydrogens is 204 g/mol. The van der Waals surface area contributed by atoms with Crippen molar-refractivity contribution in [1.82, 2.24) is 10.2 Å². The number of likely N-dealkylation sites (N-methyl/N-ethyl adjacent to an activating group) is 2. The molecule has 0 aromatic carbocycles. The van der Waals surface area contributed by atoms with E-state index in [0.717, 1.165) is 6.54 Å². The summed E-state index contributed by atoms with van der Waals surface area (Å²) in [6.07, 6.45) is 0. The maximum absolute atomic E-state index is 12.3. The highest BCUT2D eigenvalue weighted by Gasteiger charge is 2.32. The zero-order valence-electron chi connectivity index (χ0n) is 11.5. The van der Waals surface area contributed by atoms with Crippen molar-refractivity contribution in [2.24, 2.45) is 0 Å². The summed E-state index contributed by atoms with van der Waals surface area (Å²) in [6, 6.07) is 0.112. The highest BCUT2D eigenvalue weighted by Crippen LogP contribution is 2.11. The first-order valence-corrected chi connectivity index (χ1v) is 5.95. The summed E-state index contributed by atoms with van der Waals surface area (Å²) in [4.78, 5) is 14.2. The lowest BCUT2D eigenvalue weighted by molar-refractivity contribution is -0.140. The van der Waals surface area contributed by atoms with Gasteiger partial charge in [-0.2, -0.15) is 0 Å². The van der Waals surface area contributed by atoms with E-state index in [4.69, 9.17) is 4.74 Å². The molecule has 0 aliphatic heterocycles. The van der Waals surface area contributed by atoms with Crippen LogP contribution in [0.5, 0.6) is 0 Å². The lowest BCUT2D eigenvalue weighted by Crippen LogP contribution is -2.56. The number of amides is 1. The summed E-state index contributed by atoms with van der Waals surface area (Å²) in [7, 11) is 1.66. The summed E-state index contributed by atoms with van der Waals surface area (Å²) >= 11 is 0. The van der Waals surface area contributed by atoms with Crippen molar-refractivity contribution >= 4 is 5.91 Å². The molecule has 4 heteroatoms. The molecule has 0 heterocycles. The first kappa shape index (κ1) is 15.4. The molecule has 0 aromatic heterocycles. The number of nitrogens with zero attached hydrogens (tertiary/aromatic N) is 1. The van der Waals surface area contributed by atoms with Crippen LogP contribution >= 0.6 is 0 Å². The number of carbonyl (C=O) groups excluding carboxylic acids is 1. The minimum Gasteiger partial charge on any atom is -0.383 e. The van der Waals surface area contributed by atoms with Crippen LogP contribution < -0.4 is 5.32 Å². The Morgan fingerprint density at radius 1 is 1.44 bits per heavy atom. The molecule has 0 aromatic rings. The number of hydrogen-bond donors (Lipinski definition) is 1. The predicted octanol–water partition coefficient (Wildman–Crippen LogP) is 1.26. The second-order valence-corrected chi connectivity index (χ2v) is 4.55. The van der Waals surface area contributed by atoms with Crippen LogP contribution in [0.4, 0.5) is 0 Å². The molecule has 0 spiro atoms. The molecule has 4 nitrogen and oxygen atoms in total. The van der Waals surface area contributed by atoms with E-state index in [9.17, 15) is 4.79 Å². The molecule has 0 rings (SSSR count). The van der Waals surface area contributed by atoms with Gasteiger partial charge in [-0.15, -0.1) is 0 Å². The standard InChI is InChI=1S/C12H26N2O2/c1-7-13-12(4,5)11(15)14(8-2)10(3)9-16-6/h10,13H,7-9H2,1-6H3. The van der Waals surface area contributed by atoms with Crippen molar-refractivity contribution in [3.05, 3.63) is 0 Å². The van der Waals surface area contributed by atoms with Gasteiger partial charge < -0.3 is 15.0 Å². The van der Waals surface area contributed by atoms with Gasteiger partial charge in [0.2, 0.25) is 5.91 Å². The number of rotatable bonds is 7. The van der Waals surface area contributed by atoms with Crippen molar-refractivity contribution in [2.45, 2.75) is 46.2 Å². The number of hydrogen-bond acceptors (Lipinski definition) is 3. The Kier molecular flexibility index (Phi) is 6.60. The van der Waals surface area contributed by atoms with Crippen LogP contribution in [0.25, 0.3) is 0 Å². The molecule has 0 aliphatic carbocycles. The maximum atomic E-state index is 12.3. The van der Waals surface area contributed by atoms with Crippen LogP contribution in [-0.4, -0.2) is 49.2 Å². The Bertz CT molecular complexity index is 217. The Morgan fingerprint density at radius 2 is 2.00 bits per heavy atom. The molecule has 1 unspecified atom stereocenters. The van der Waals surface area contributed by atoms with Crippen molar-refractivity contribution in [1.29, 1.82) is 0 Å². The third-order valence-corrected chi connectivity index (χ3v) is 2.69. The molecule has 1 amide bonds. The van der Waals surface area contributed by atoms with E-state index in [1.807, 2.05) is 39.5 Å². The molecule has 1 atom stereocenters. The fourth-order valence-corrected chi connectivity index (χ4v) is 1.86. The summed E-state index contributed by atoms with van der Waals surface area (Å²) in [5.74, 6) is 0.126. The topological polar surface area (TPSA) is 41.6 Å². The first-order chi connectivity index (χ1) is 7.40. The fourth-order valence-electron chi connectivity index (χ4n) is 1.86. The zero-order chi connectivity index (χ0) is 12.8. The molecule has 1 N–H and O–H groups in total. The smallest absolute Gasteiger partial charge is 0.242 e. The van der Waals surface area contributed by atoms with Crippen molar-refractivity contribution in [3.63, 3.8) is 0 Å². The minimum absolute atomic E-state index is 0.112. The van der Waals surface area contributed by atoms with Gasteiger partial charge in [0.1, 0.15) is 0 Å². The Morgan fingerprint density at radius 3 is 2.38 bits per heavy atom. The van der Waals surface area contributed by atoms with Crippen LogP contribution in [-0.2, 0) is 9.53 Å². The average Bonchev–Trinajstić information content (AvgIpc) is 2.19. The summed E-state index contributed by atoms with van der Waals surface area (Å²) in [6.45, 7) is 11.9. The Balaban J connectivity index is 4.63. The number of carbonyl (C=O) groups is 1. The zero-order valence-corrected chi connectivity index (χ0v) is 11.5. The van der Waals surface area contributed by atoms with Gasteiger partial charge in [0.25, 0.3) is 0 Å². The van der Waals surface area contributed by atoms with Gasteiger partial charge in [0.15, 0.2) is 0 Å². The van der Waals surface area contributed by atoms with Gasteiger partial charge in [0.05, 0.1) is 18.2 Å². The molecule has 0 aliphatic rings. The third kappa shape index (κ3) is 4.10. The van der Waals surface area contributed by atoms with Gasteiger partial charge in [-0.3, -0.25) is 4.79 Å². The molecule has 16 heavy (non-hydrogen) atoms. The van der Waals surface area contributed by atoms with Gasteiger partial charge in [-0.05, 0) is 34.2 Å². The highest BCUT2D eigenvalue weighted by atomic mass is 16.5. The van der Waals surface area contributed by atoms with E-state index in [1.165, 1.54) is 0 Å². The number of nitrogens with one attached hydrogen (secondary N) is 1. The third-order valence-electron chi connectivity index (χ3n) is 2.69. The number of ether oxygens (including phenoxy) is 1. The lowest BCUT2D eigenvalue weighted by Gasteiger charge is -2.35. The highest BCUT2D eigenvalue weighted by molar-refractivity contribution is 5.85. The van der Waals surface area contributed by atoms with Crippen molar-refractivity contribution in [2.75, 3.05) is 26.8 Å². The van der Waals surface area contributed by atoms with E-state index in [-0.39, 0.29) is 11.9 Å². The number of methoxy groups -OCH3 is 1. The van der Waals surface area contributed by atoms with Crippen LogP contribution in [0, 0.1) is 0 Å². The SMILES string of the molecule is CCNC(C)(C)C(=O)N(CC)C(C)COC. The monoisotopic (exact) mass is 230 g/mol.